The number of halogens is 1. The van der Waals surface area contributed by atoms with Crippen LogP contribution in [0.5, 0.6) is 11.5 Å². The summed E-state index contributed by atoms with van der Waals surface area (Å²) in [5, 5.41) is 17.1. The van der Waals surface area contributed by atoms with Gasteiger partial charge >= 0.3 is 0 Å². The van der Waals surface area contributed by atoms with Gasteiger partial charge in [-0.3, -0.25) is 4.79 Å². The lowest BCUT2D eigenvalue weighted by Gasteiger charge is -2.13. The van der Waals surface area contributed by atoms with Crippen molar-refractivity contribution >= 4 is 28.9 Å². The van der Waals surface area contributed by atoms with Gasteiger partial charge < -0.3 is 19.9 Å². The number of aliphatic hydroxyl groups is 1. The zero-order valence-corrected chi connectivity index (χ0v) is 16.0. The number of carbonyl (C=O) groups is 1. The third-order valence-electron chi connectivity index (χ3n) is 4.02. The van der Waals surface area contributed by atoms with E-state index < -0.39 is 5.91 Å². The largest absolute Gasteiger partial charge is 0.515 e. The maximum Gasteiger partial charge on any atom is 0.260 e. The lowest BCUT2D eigenvalue weighted by molar-refractivity contribution is -0.111. The monoisotopic (exact) mass is 399 g/mol. The summed E-state index contributed by atoms with van der Waals surface area (Å²) in [5.74, 6) is 1.04. The summed E-state index contributed by atoms with van der Waals surface area (Å²) < 4.78 is 12.1. The summed E-state index contributed by atoms with van der Waals surface area (Å²) in [4.78, 5) is 12.7. The Balaban J connectivity index is 1.88. The van der Waals surface area contributed by atoms with E-state index in [1.165, 1.54) is 11.8 Å². The van der Waals surface area contributed by atoms with E-state index in [0.717, 1.165) is 6.26 Å². The predicted octanol–water partition coefficient (Wildman–Crippen LogP) is 4.08. The third kappa shape index (κ3) is 3.94. The highest BCUT2D eigenvalue weighted by Crippen LogP contribution is 2.30. The second-order valence-corrected chi connectivity index (χ2v) is 6.11. The molecule has 7 nitrogen and oxygen atoms in total. The second kappa shape index (κ2) is 8.49. The van der Waals surface area contributed by atoms with Crippen molar-refractivity contribution in [1.29, 1.82) is 0 Å². The van der Waals surface area contributed by atoms with Crippen LogP contribution in [0.3, 0.4) is 0 Å². The number of aliphatic hydroxyl groups excluding tert-OH is 1. The molecule has 0 spiro atoms. The van der Waals surface area contributed by atoms with Crippen molar-refractivity contribution in [2.75, 3.05) is 19.5 Å². The number of benzene rings is 2. The number of hydrogen-bond donors (Lipinski definition) is 2. The van der Waals surface area contributed by atoms with Crippen LogP contribution in [0.2, 0.25) is 5.02 Å². The number of ether oxygens (including phenoxy) is 2. The van der Waals surface area contributed by atoms with E-state index in [2.05, 4.69) is 10.4 Å². The number of hydrogen-bond acceptors (Lipinski definition) is 5. The van der Waals surface area contributed by atoms with Crippen LogP contribution in [0.15, 0.2) is 61.0 Å². The van der Waals surface area contributed by atoms with Gasteiger partial charge in [-0.2, -0.15) is 5.10 Å². The molecule has 0 bridgehead atoms. The second-order valence-electron chi connectivity index (χ2n) is 5.67. The molecule has 1 heterocycles. The Bertz CT molecular complexity index is 1010. The van der Waals surface area contributed by atoms with Gasteiger partial charge in [-0.15, -0.1) is 0 Å². The van der Waals surface area contributed by atoms with E-state index in [9.17, 15) is 9.90 Å². The van der Waals surface area contributed by atoms with Gasteiger partial charge in [0, 0.05) is 17.2 Å². The number of nitrogens with one attached hydrogen (secondary N) is 1. The van der Waals surface area contributed by atoms with Crippen LogP contribution >= 0.6 is 11.6 Å². The topological polar surface area (TPSA) is 85.6 Å². The van der Waals surface area contributed by atoms with E-state index in [1.807, 2.05) is 0 Å². The Labute approximate surface area is 166 Å². The zero-order chi connectivity index (χ0) is 20.1. The number of aromatic nitrogens is 2. The molecule has 3 rings (SSSR count). The molecule has 0 aliphatic carbocycles. The Morgan fingerprint density at radius 2 is 1.82 bits per heavy atom. The lowest BCUT2D eigenvalue weighted by atomic mass is 10.1. The molecule has 0 aliphatic heterocycles. The minimum absolute atomic E-state index is 0.0942. The molecule has 0 aliphatic rings. The minimum atomic E-state index is -0.493. The average Bonchev–Trinajstić information content (AvgIpc) is 3.17. The van der Waals surface area contributed by atoms with Gasteiger partial charge in [0.2, 0.25) is 0 Å². The highest BCUT2D eigenvalue weighted by molar-refractivity contribution is 6.31. The SMILES string of the molecule is COc1ccc(-n2nccc2NC(=O)/C(=C\O)c2ccc(Cl)cc2)cc1OC. The van der Waals surface area contributed by atoms with Crippen LogP contribution in [0.4, 0.5) is 5.82 Å². The number of amides is 1. The van der Waals surface area contributed by atoms with Gasteiger partial charge in [-0.05, 0) is 29.8 Å². The smallest absolute Gasteiger partial charge is 0.260 e. The molecule has 0 unspecified atom stereocenters. The van der Waals surface area contributed by atoms with Crippen molar-refractivity contribution in [1.82, 2.24) is 9.78 Å². The molecule has 1 amide bonds. The molecule has 0 fully saturated rings. The molecule has 0 atom stereocenters. The van der Waals surface area contributed by atoms with Crippen molar-refractivity contribution in [2.45, 2.75) is 0 Å². The first kappa shape index (κ1) is 19.3. The van der Waals surface area contributed by atoms with Crippen molar-refractivity contribution in [2.24, 2.45) is 0 Å². The van der Waals surface area contributed by atoms with Gasteiger partial charge in [-0.25, -0.2) is 4.68 Å². The summed E-state index contributed by atoms with van der Waals surface area (Å²) in [7, 11) is 3.09. The van der Waals surface area contributed by atoms with Gasteiger partial charge in [0.15, 0.2) is 11.5 Å². The van der Waals surface area contributed by atoms with Crippen molar-refractivity contribution in [3.05, 3.63) is 71.6 Å². The summed E-state index contributed by atoms with van der Waals surface area (Å²) in [6.07, 6.45) is 2.31. The average molecular weight is 400 g/mol. The molecule has 3 aromatic rings. The first-order chi connectivity index (χ1) is 13.6. The first-order valence-corrected chi connectivity index (χ1v) is 8.63. The molecular formula is C20H18ClN3O4. The minimum Gasteiger partial charge on any atom is -0.515 e. The molecule has 2 N–H and O–H groups in total. The highest BCUT2D eigenvalue weighted by atomic mass is 35.5. The summed E-state index contributed by atoms with van der Waals surface area (Å²) in [6.45, 7) is 0. The quantitative estimate of drug-likeness (QED) is 0.482. The molecule has 0 radical (unpaired) electrons. The molecule has 0 saturated carbocycles. The van der Waals surface area contributed by atoms with Gasteiger partial charge in [-0.1, -0.05) is 23.7 Å². The van der Waals surface area contributed by atoms with Crippen LogP contribution in [0.1, 0.15) is 5.56 Å². The molecule has 28 heavy (non-hydrogen) atoms. The number of anilines is 1. The van der Waals surface area contributed by atoms with E-state index in [1.54, 1.807) is 61.8 Å². The van der Waals surface area contributed by atoms with Crippen LogP contribution in [-0.2, 0) is 4.79 Å². The Hall–Kier alpha value is -3.45. The lowest BCUT2D eigenvalue weighted by Crippen LogP contribution is -2.16. The van der Waals surface area contributed by atoms with Gasteiger partial charge in [0.25, 0.3) is 5.91 Å². The summed E-state index contributed by atoms with van der Waals surface area (Å²) in [6, 6.07) is 13.5. The fraction of sp³-hybridized carbons (Fsp3) is 0.100. The Kier molecular flexibility index (Phi) is 5.86. The Morgan fingerprint density at radius 3 is 2.46 bits per heavy atom. The fourth-order valence-electron chi connectivity index (χ4n) is 2.64. The van der Waals surface area contributed by atoms with Gasteiger partial charge in [0.1, 0.15) is 5.82 Å². The normalized spacial score (nSPS) is 11.2. The number of rotatable bonds is 6. The number of nitrogens with zero attached hydrogens (tertiary/aromatic N) is 2. The van der Waals surface area contributed by atoms with Crippen LogP contribution in [0, 0.1) is 0 Å². The highest BCUT2D eigenvalue weighted by Gasteiger charge is 2.16. The van der Waals surface area contributed by atoms with E-state index in [0.29, 0.717) is 33.6 Å². The van der Waals surface area contributed by atoms with E-state index in [4.69, 9.17) is 21.1 Å². The predicted molar refractivity (Wildman–Crippen MR) is 107 cm³/mol. The molecule has 0 saturated heterocycles. The number of carbonyl (C=O) groups excluding carboxylic acids is 1. The maximum atomic E-state index is 12.7. The van der Waals surface area contributed by atoms with Crippen LogP contribution < -0.4 is 14.8 Å². The first-order valence-electron chi connectivity index (χ1n) is 8.25. The summed E-state index contributed by atoms with van der Waals surface area (Å²) in [5.41, 5.74) is 1.29. The number of methoxy groups -OCH3 is 2. The molecule has 2 aromatic carbocycles. The summed E-state index contributed by atoms with van der Waals surface area (Å²) >= 11 is 5.88. The van der Waals surface area contributed by atoms with Crippen molar-refractivity contribution in [3.8, 4) is 17.2 Å². The Morgan fingerprint density at radius 1 is 1.11 bits per heavy atom. The molecular weight excluding hydrogens is 382 g/mol. The molecule has 1 aromatic heterocycles. The van der Waals surface area contributed by atoms with Crippen LogP contribution in [0.25, 0.3) is 11.3 Å². The standard InChI is InChI=1S/C20H18ClN3O4/c1-27-17-8-7-15(11-18(17)28-2)24-19(9-10-22-24)23-20(26)16(12-25)13-3-5-14(21)6-4-13/h3-12,25H,1-2H3,(H,23,26)/b16-12-. The van der Waals surface area contributed by atoms with E-state index >= 15 is 0 Å². The van der Waals surface area contributed by atoms with Crippen molar-refractivity contribution in [3.63, 3.8) is 0 Å². The van der Waals surface area contributed by atoms with E-state index in [-0.39, 0.29) is 5.57 Å². The molecule has 144 valence electrons. The maximum absolute atomic E-state index is 12.7. The third-order valence-corrected chi connectivity index (χ3v) is 4.28. The van der Waals surface area contributed by atoms with Gasteiger partial charge in [0.05, 0.1) is 37.9 Å². The fourth-order valence-corrected chi connectivity index (χ4v) is 2.76. The van der Waals surface area contributed by atoms with Crippen molar-refractivity contribution < 1.29 is 19.4 Å². The zero-order valence-electron chi connectivity index (χ0n) is 15.2. The van der Waals surface area contributed by atoms with Crippen LogP contribution in [-0.4, -0.2) is 35.0 Å². The molecule has 8 heteroatoms.